The molecule has 1 aliphatic heterocycles. The van der Waals surface area contributed by atoms with Crippen molar-refractivity contribution in [3.05, 3.63) is 29.3 Å². The fourth-order valence-electron chi connectivity index (χ4n) is 4.19. The van der Waals surface area contributed by atoms with E-state index in [1.54, 1.807) is 24.3 Å². The van der Waals surface area contributed by atoms with Gasteiger partial charge in [0.15, 0.2) is 0 Å². The van der Waals surface area contributed by atoms with Crippen molar-refractivity contribution in [2.75, 3.05) is 13.1 Å². The van der Waals surface area contributed by atoms with Crippen LogP contribution in [0.25, 0.3) is 0 Å². The van der Waals surface area contributed by atoms with E-state index in [2.05, 4.69) is 5.32 Å². The van der Waals surface area contributed by atoms with E-state index >= 15 is 0 Å². The minimum atomic E-state index is -3.65. The number of benzene rings is 1. The van der Waals surface area contributed by atoms with Crippen molar-refractivity contribution < 1.29 is 13.2 Å². The van der Waals surface area contributed by atoms with Gasteiger partial charge in [-0.3, -0.25) is 4.79 Å². The molecule has 150 valence electrons. The number of nitrogens with one attached hydrogen (secondary N) is 1. The lowest BCUT2D eigenvalue weighted by Crippen LogP contribution is -2.44. The highest BCUT2D eigenvalue weighted by Crippen LogP contribution is 2.30. The van der Waals surface area contributed by atoms with E-state index in [9.17, 15) is 13.2 Å². The minimum Gasteiger partial charge on any atom is -0.354 e. The number of carbonyl (C=O) groups excluding carboxylic acids is 1. The Morgan fingerprint density at radius 2 is 1.70 bits per heavy atom. The molecule has 27 heavy (non-hydrogen) atoms. The monoisotopic (exact) mass is 412 g/mol. The van der Waals surface area contributed by atoms with Crippen LogP contribution in [0.3, 0.4) is 0 Å². The molecule has 1 saturated carbocycles. The number of hydrogen-bond acceptors (Lipinski definition) is 3. The summed E-state index contributed by atoms with van der Waals surface area (Å²) in [6.45, 7) is 0.844. The zero-order valence-corrected chi connectivity index (χ0v) is 17.3. The molecular weight excluding hydrogens is 384 g/mol. The van der Waals surface area contributed by atoms with Crippen LogP contribution in [0, 0.1) is 5.92 Å². The van der Waals surface area contributed by atoms with E-state index in [-0.39, 0.29) is 27.8 Å². The first-order valence-corrected chi connectivity index (χ1v) is 11.9. The highest BCUT2D eigenvalue weighted by molar-refractivity contribution is 7.89. The SMILES string of the molecule is O=C(NCC1CCCN1S(=O)(=O)c1ccccc1Cl)C1CCCCCCC1. The lowest BCUT2D eigenvalue weighted by molar-refractivity contribution is -0.125. The highest BCUT2D eigenvalue weighted by Gasteiger charge is 2.36. The molecule has 0 radical (unpaired) electrons. The van der Waals surface area contributed by atoms with Crippen LogP contribution in [0.1, 0.15) is 57.8 Å². The summed E-state index contributed by atoms with van der Waals surface area (Å²) in [5, 5.41) is 3.27. The lowest BCUT2D eigenvalue weighted by Gasteiger charge is -2.26. The molecule has 1 aliphatic carbocycles. The predicted molar refractivity (Wildman–Crippen MR) is 107 cm³/mol. The standard InChI is InChI=1S/C20H29ClN2O3S/c21-18-12-6-7-13-19(18)27(25,26)23-14-8-11-17(23)15-22-20(24)16-9-4-2-1-3-5-10-16/h6-7,12-13,16-17H,1-5,8-11,14-15H2,(H,22,24). The average Bonchev–Trinajstić information content (AvgIpc) is 3.09. The molecule has 3 rings (SSSR count). The van der Waals surface area contributed by atoms with Crippen molar-refractivity contribution in [2.45, 2.75) is 68.7 Å². The van der Waals surface area contributed by atoms with Crippen molar-refractivity contribution in [1.82, 2.24) is 9.62 Å². The summed E-state index contributed by atoms with van der Waals surface area (Å²) in [7, 11) is -3.65. The number of carbonyl (C=O) groups is 1. The molecule has 5 nitrogen and oxygen atoms in total. The average molecular weight is 413 g/mol. The van der Waals surface area contributed by atoms with Crippen LogP contribution in [-0.4, -0.2) is 37.8 Å². The number of amides is 1. The van der Waals surface area contributed by atoms with Crippen molar-refractivity contribution in [1.29, 1.82) is 0 Å². The van der Waals surface area contributed by atoms with Gasteiger partial charge in [0.05, 0.1) is 5.02 Å². The van der Waals surface area contributed by atoms with Crippen LogP contribution in [0.15, 0.2) is 29.2 Å². The molecule has 1 N–H and O–H groups in total. The fraction of sp³-hybridized carbons (Fsp3) is 0.650. The third kappa shape index (κ3) is 5.04. The summed E-state index contributed by atoms with van der Waals surface area (Å²) in [6.07, 6.45) is 9.33. The Labute approximate surface area is 167 Å². The van der Waals surface area contributed by atoms with Crippen LogP contribution < -0.4 is 5.32 Å². The Morgan fingerprint density at radius 3 is 2.41 bits per heavy atom. The summed E-state index contributed by atoms with van der Waals surface area (Å²) < 4.78 is 27.6. The van der Waals surface area contributed by atoms with E-state index < -0.39 is 10.0 Å². The molecule has 0 aromatic heterocycles. The van der Waals surface area contributed by atoms with E-state index in [1.165, 1.54) is 23.6 Å². The predicted octanol–water partition coefficient (Wildman–Crippen LogP) is 3.97. The maximum Gasteiger partial charge on any atom is 0.244 e. The lowest BCUT2D eigenvalue weighted by atomic mass is 9.90. The molecule has 1 aromatic carbocycles. The first-order valence-electron chi connectivity index (χ1n) is 10.0. The second-order valence-electron chi connectivity index (χ2n) is 7.63. The van der Waals surface area contributed by atoms with Crippen molar-refractivity contribution >= 4 is 27.5 Å². The third-order valence-electron chi connectivity index (χ3n) is 5.73. The molecule has 1 saturated heterocycles. The van der Waals surface area contributed by atoms with Crippen LogP contribution >= 0.6 is 11.6 Å². The molecular formula is C20H29ClN2O3S. The van der Waals surface area contributed by atoms with E-state index in [1.807, 2.05) is 0 Å². The zero-order valence-electron chi connectivity index (χ0n) is 15.7. The zero-order chi connectivity index (χ0) is 19.3. The summed E-state index contributed by atoms with van der Waals surface area (Å²) in [6, 6.07) is 6.33. The smallest absolute Gasteiger partial charge is 0.244 e. The molecule has 1 amide bonds. The Balaban J connectivity index is 1.63. The molecule has 1 atom stereocenters. The first-order chi connectivity index (χ1) is 13.0. The summed E-state index contributed by atoms with van der Waals surface area (Å²) >= 11 is 6.12. The van der Waals surface area contributed by atoms with Crippen molar-refractivity contribution in [3.8, 4) is 0 Å². The molecule has 1 aromatic rings. The van der Waals surface area contributed by atoms with Gasteiger partial charge in [-0.05, 0) is 37.8 Å². The Hall–Kier alpha value is -1.11. The molecule has 1 unspecified atom stereocenters. The van der Waals surface area contributed by atoms with Gasteiger partial charge in [-0.15, -0.1) is 0 Å². The Kier molecular flexibility index (Phi) is 7.17. The number of hydrogen-bond donors (Lipinski definition) is 1. The maximum absolute atomic E-state index is 13.0. The van der Waals surface area contributed by atoms with Gasteiger partial charge in [-0.25, -0.2) is 8.42 Å². The quantitative estimate of drug-likeness (QED) is 0.795. The van der Waals surface area contributed by atoms with Crippen molar-refractivity contribution in [2.24, 2.45) is 5.92 Å². The van der Waals surface area contributed by atoms with Gasteiger partial charge in [0.25, 0.3) is 0 Å². The van der Waals surface area contributed by atoms with Gasteiger partial charge >= 0.3 is 0 Å². The number of nitrogens with zero attached hydrogens (tertiary/aromatic N) is 1. The number of rotatable bonds is 5. The third-order valence-corrected chi connectivity index (χ3v) is 8.19. The molecule has 2 aliphatic rings. The second kappa shape index (κ2) is 9.39. The number of halogens is 1. The molecule has 0 spiro atoms. The first kappa shape index (κ1) is 20.6. The fourth-order valence-corrected chi connectivity index (χ4v) is 6.38. The molecule has 0 bridgehead atoms. The van der Waals surface area contributed by atoms with Gasteiger partial charge in [0.2, 0.25) is 15.9 Å². The maximum atomic E-state index is 13.0. The summed E-state index contributed by atoms with van der Waals surface area (Å²) in [5.41, 5.74) is 0. The molecule has 2 fully saturated rings. The largest absolute Gasteiger partial charge is 0.354 e. The normalized spacial score (nSPS) is 22.9. The second-order valence-corrected chi connectivity index (χ2v) is 9.90. The Bertz CT molecular complexity index is 745. The van der Waals surface area contributed by atoms with Crippen LogP contribution in [0.5, 0.6) is 0 Å². The van der Waals surface area contributed by atoms with Gasteiger partial charge in [0.1, 0.15) is 4.90 Å². The van der Waals surface area contributed by atoms with Gasteiger partial charge in [0, 0.05) is 25.0 Å². The minimum absolute atomic E-state index is 0.0697. The van der Waals surface area contributed by atoms with Gasteiger partial charge in [-0.2, -0.15) is 4.31 Å². The molecule has 7 heteroatoms. The van der Waals surface area contributed by atoms with Crippen LogP contribution in [0.2, 0.25) is 5.02 Å². The van der Waals surface area contributed by atoms with Crippen LogP contribution in [-0.2, 0) is 14.8 Å². The van der Waals surface area contributed by atoms with E-state index in [4.69, 9.17) is 11.6 Å². The summed E-state index contributed by atoms with van der Waals surface area (Å²) in [5.74, 6) is 0.152. The Morgan fingerprint density at radius 1 is 1.04 bits per heavy atom. The molecule has 1 heterocycles. The number of sulfonamides is 1. The van der Waals surface area contributed by atoms with Gasteiger partial charge < -0.3 is 5.32 Å². The summed E-state index contributed by atoms with van der Waals surface area (Å²) in [4.78, 5) is 12.7. The van der Waals surface area contributed by atoms with E-state index in [0.29, 0.717) is 13.1 Å². The van der Waals surface area contributed by atoms with Gasteiger partial charge in [-0.1, -0.05) is 55.8 Å². The van der Waals surface area contributed by atoms with Crippen LogP contribution in [0.4, 0.5) is 0 Å². The highest BCUT2D eigenvalue weighted by atomic mass is 35.5. The van der Waals surface area contributed by atoms with E-state index in [0.717, 1.165) is 38.5 Å². The van der Waals surface area contributed by atoms with Crippen molar-refractivity contribution in [3.63, 3.8) is 0 Å². The topological polar surface area (TPSA) is 66.5 Å².